The molecule has 5 nitrogen and oxygen atoms in total. The molecule has 0 bridgehead atoms. The van der Waals surface area contributed by atoms with Crippen molar-refractivity contribution in [3.63, 3.8) is 0 Å². The molecule has 1 amide bonds. The molecule has 2 atom stereocenters. The molecule has 0 aromatic rings. The first-order chi connectivity index (χ1) is 8.97. The fourth-order valence-corrected chi connectivity index (χ4v) is 2.52. The van der Waals surface area contributed by atoms with Crippen molar-refractivity contribution >= 4 is 5.91 Å². The topological polar surface area (TPSA) is 67.6 Å². The number of carbonyl (C=O) groups excluding carboxylic acids is 1. The monoisotopic (exact) mass is 271 g/mol. The Bertz CT molecular complexity index is 261. The van der Waals surface area contributed by atoms with Crippen molar-refractivity contribution in [1.29, 1.82) is 0 Å². The molecule has 112 valence electrons. The van der Waals surface area contributed by atoms with Crippen LogP contribution in [0, 0.1) is 5.92 Å². The van der Waals surface area contributed by atoms with E-state index in [-0.39, 0.29) is 18.1 Å². The molecular weight excluding hydrogens is 242 g/mol. The van der Waals surface area contributed by atoms with Crippen molar-refractivity contribution in [1.82, 2.24) is 10.2 Å². The van der Waals surface area contributed by atoms with Gasteiger partial charge in [-0.05, 0) is 32.6 Å². The summed E-state index contributed by atoms with van der Waals surface area (Å²) in [6.07, 6.45) is 2.18. The molecule has 1 saturated heterocycles. The maximum atomic E-state index is 11.8. The third-order valence-corrected chi connectivity index (χ3v) is 3.23. The Morgan fingerprint density at radius 3 is 2.84 bits per heavy atom. The fraction of sp³-hybridized carbons (Fsp3) is 0.929. The van der Waals surface area contributed by atoms with Crippen molar-refractivity contribution in [2.45, 2.75) is 45.8 Å². The Hall–Kier alpha value is -0.650. The number of piperidine rings is 1. The number of ether oxygens (including phenoxy) is 1. The molecule has 0 spiro atoms. The lowest BCUT2D eigenvalue weighted by Gasteiger charge is -2.34. The lowest BCUT2D eigenvalue weighted by Crippen LogP contribution is -2.49. The Morgan fingerprint density at radius 2 is 2.21 bits per heavy atom. The first kappa shape index (κ1) is 16.4. The van der Waals surface area contributed by atoms with Gasteiger partial charge in [-0.25, -0.2) is 0 Å². The van der Waals surface area contributed by atoms with Crippen molar-refractivity contribution in [2.75, 3.05) is 32.8 Å². The summed E-state index contributed by atoms with van der Waals surface area (Å²) < 4.78 is 5.42. The van der Waals surface area contributed by atoms with Crippen LogP contribution in [-0.4, -0.2) is 55.7 Å². The number of hydrogen-bond donors (Lipinski definition) is 2. The SMILES string of the molecule is CC1CC(N)CN(CC(=O)NCCCOC(C)C)C1. The Balaban J connectivity index is 2.10. The van der Waals surface area contributed by atoms with E-state index in [1.165, 1.54) is 0 Å². The average molecular weight is 271 g/mol. The molecular formula is C14H29N3O2. The molecule has 1 aliphatic heterocycles. The van der Waals surface area contributed by atoms with Crippen LogP contribution in [0.25, 0.3) is 0 Å². The number of rotatable bonds is 7. The van der Waals surface area contributed by atoms with Gasteiger partial charge in [0.25, 0.3) is 0 Å². The zero-order chi connectivity index (χ0) is 14.3. The molecule has 0 saturated carbocycles. The van der Waals surface area contributed by atoms with Crippen LogP contribution in [0.3, 0.4) is 0 Å². The predicted octanol–water partition coefficient (Wildman–Crippen LogP) is 0.587. The summed E-state index contributed by atoms with van der Waals surface area (Å²) in [5.74, 6) is 0.668. The van der Waals surface area contributed by atoms with Gasteiger partial charge in [0.2, 0.25) is 5.91 Å². The maximum Gasteiger partial charge on any atom is 0.234 e. The minimum Gasteiger partial charge on any atom is -0.379 e. The second-order valence-corrected chi connectivity index (χ2v) is 5.92. The number of carbonyl (C=O) groups is 1. The van der Waals surface area contributed by atoms with Gasteiger partial charge in [-0.1, -0.05) is 6.92 Å². The van der Waals surface area contributed by atoms with Crippen LogP contribution < -0.4 is 11.1 Å². The molecule has 1 heterocycles. The highest BCUT2D eigenvalue weighted by molar-refractivity contribution is 5.77. The van der Waals surface area contributed by atoms with E-state index < -0.39 is 0 Å². The number of nitrogens with two attached hydrogens (primary N) is 1. The van der Waals surface area contributed by atoms with Crippen molar-refractivity contribution in [3.05, 3.63) is 0 Å². The largest absolute Gasteiger partial charge is 0.379 e. The standard InChI is InChI=1S/C14H29N3O2/c1-11(2)19-6-4-5-16-14(18)10-17-8-12(3)7-13(15)9-17/h11-13H,4-10,15H2,1-3H3,(H,16,18). The molecule has 1 rings (SSSR count). The molecule has 5 heteroatoms. The van der Waals surface area contributed by atoms with Crippen LogP contribution in [0.1, 0.15) is 33.6 Å². The van der Waals surface area contributed by atoms with Crippen molar-refractivity contribution in [2.24, 2.45) is 11.7 Å². The lowest BCUT2D eigenvalue weighted by atomic mass is 9.97. The van der Waals surface area contributed by atoms with Crippen molar-refractivity contribution in [3.8, 4) is 0 Å². The van der Waals surface area contributed by atoms with Crippen molar-refractivity contribution < 1.29 is 9.53 Å². The third-order valence-electron chi connectivity index (χ3n) is 3.23. The molecule has 1 fully saturated rings. The molecule has 2 unspecified atom stereocenters. The van der Waals surface area contributed by atoms with E-state index in [0.717, 1.165) is 25.9 Å². The van der Waals surface area contributed by atoms with E-state index in [0.29, 0.717) is 25.6 Å². The van der Waals surface area contributed by atoms with Crippen LogP contribution in [0.2, 0.25) is 0 Å². The van der Waals surface area contributed by atoms with Gasteiger partial charge in [-0.2, -0.15) is 0 Å². The molecule has 1 aliphatic rings. The van der Waals surface area contributed by atoms with E-state index in [4.69, 9.17) is 10.5 Å². The normalized spacial score (nSPS) is 24.7. The summed E-state index contributed by atoms with van der Waals surface area (Å²) in [7, 11) is 0. The van der Waals surface area contributed by atoms with Crippen LogP contribution in [0.15, 0.2) is 0 Å². The number of nitrogens with zero attached hydrogens (tertiary/aromatic N) is 1. The quantitative estimate of drug-likeness (QED) is 0.665. The minimum absolute atomic E-state index is 0.0887. The van der Waals surface area contributed by atoms with E-state index in [2.05, 4.69) is 17.1 Å². The van der Waals surface area contributed by atoms with Gasteiger partial charge in [-0.3, -0.25) is 9.69 Å². The zero-order valence-electron chi connectivity index (χ0n) is 12.5. The van der Waals surface area contributed by atoms with Crippen LogP contribution in [0.4, 0.5) is 0 Å². The zero-order valence-corrected chi connectivity index (χ0v) is 12.5. The van der Waals surface area contributed by atoms with Gasteiger partial charge in [0.05, 0.1) is 12.6 Å². The molecule has 3 N–H and O–H groups in total. The van der Waals surface area contributed by atoms with Gasteiger partial charge in [-0.15, -0.1) is 0 Å². The van der Waals surface area contributed by atoms with E-state index in [1.54, 1.807) is 0 Å². The second-order valence-electron chi connectivity index (χ2n) is 5.92. The van der Waals surface area contributed by atoms with Crippen LogP contribution >= 0.6 is 0 Å². The Kier molecular flexibility index (Phi) is 7.34. The number of amides is 1. The number of hydrogen-bond acceptors (Lipinski definition) is 4. The number of likely N-dealkylation sites (tertiary alicyclic amines) is 1. The molecule has 0 aromatic heterocycles. The summed E-state index contributed by atoms with van der Waals surface area (Å²) >= 11 is 0. The first-order valence-electron chi connectivity index (χ1n) is 7.33. The molecule has 0 aromatic carbocycles. The highest BCUT2D eigenvalue weighted by Crippen LogP contribution is 2.14. The van der Waals surface area contributed by atoms with E-state index >= 15 is 0 Å². The minimum atomic E-state index is 0.0887. The summed E-state index contributed by atoms with van der Waals surface area (Å²) in [5.41, 5.74) is 5.97. The smallest absolute Gasteiger partial charge is 0.234 e. The average Bonchev–Trinajstić information content (AvgIpc) is 2.26. The third kappa shape index (κ3) is 7.50. The van der Waals surface area contributed by atoms with Gasteiger partial charge < -0.3 is 15.8 Å². The van der Waals surface area contributed by atoms with Gasteiger partial charge in [0.1, 0.15) is 0 Å². The molecule has 0 aliphatic carbocycles. The second kappa shape index (κ2) is 8.51. The van der Waals surface area contributed by atoms with Gasteiger partial charge >= 0.3 is 0 Å². The fourth-order valence-electron chi connectivity index (χ4n) is 2.52. The highest BCUT2D eigenvalue weighted by atomic mass is 16.5. The maximum absolute atomic E-state index is 11.8. The van der Waals surface area contributed by atoms with Gasteiger partial charge in [0, 0.05) is 32.3 Å². The summed E-state index contributed by atoms with van der Waals surface area (Å²) in [6, 6.07) is 0.205. The highest BCUT2D eigenvalue weighted by Gasteiger charge is 2.23. The Labute approximate surface area is 116 Å². The van der Waals surface area contributed by atoms with E-state index in [9.17, 15) is 4.79 Å². The Morgan fingerprint density at radius 1 is 1.47 bits per heavy atom. The first-order valence-corrected chi connectivity index (χ1v) is 7.33. The van der Waals surface area contributed by atoms with Crippen LogP contribution in [-0.2, 0) is 9.53 Å². The summed E-state index contributed by atoms with van der Waals surface area (Å²) in [5, 5.41) is 2.93. The van der Waals surface area contributed by atoms with Crippen LogP contribution in [0.5, 0.6) is 0 Å². The number of nitrogens with one attached hydrogen (secondary N) is 1. The lowest BCUT2D eigenvalue weighted by molar-refractivity contribution is -0.122. The van der Waals surface area contributed by atoms with Gasteiger partial charge in [0.15, 0.2) is 0 Å². The summed E-state index contributed by atoms with van der Waals surface area (Å²) in [4.78, 5) is 13.9. The van der Waals surface area contributed by atoms with E-state index in [1.807, 2.05) is 13.8 Å². The summed E-state index contributed by atoms with van der Waals surface area (Å²) in [6.45, 7) is 9.85. The molecule has 0 radical (unpaired) electrons. The molecule has 19 heavy (non-hydrogen) atoms. The predicted molar refractivity (Wildman–Crippen MR) is 76.9 cm³/mol.